The molecule has 0 aliphatic carbocycles. The molecule has 4 rings (SSSR count). The summed E-state index contributed by atoms with van der Waals surface area (Å²) in [5.41, 5.74) is 1.86. The van der Waals surface area contributed by atoms with Crippen LogP contribution >= 0.6 is 11.8 Å². The molecule has 2 aliphatic rings. The minimum Gasteiger partial charge on any atom is -0.371 e. The maximum Gasteiger partial charge on any atom is 0.252 e. The number of pyridine rings is 1. The molecule has 0 saturated carbocycles. The third-order valence-corrected chi connectivity index (χ3v) is 7.39. The quantitative estimate of drug-likeness (QED) is 0.746. The first kappa shape index (κ1) is 22.3. The van der Waals surface area contributed by atoms with Gasteiger partial charge in [-0.15, -0.1) is 11.8 Å². The number of rotatable bonds is 5. The number of nitrogens with zero attached hydrogens (tertiary/aromatic N) is 4. The summed E-state index contributed by atoms with van der Waals surface area (Å²) in [6.07, 6.45) is 3.14. The van der Waals surface area contributed by atoms with E-state index in [1.807, 2.05) is 25.1 Å². The zero-order chi connectivity index (χ0) is 22.7. The van der Waals surface area contributed by atoms with Gasteiger partial charge in [0, 0.05) is 36.1 Å². The van der Waals surface area contributed by atoms with Crippen molar-refractivity contribution < 1.29 is 14.0 Å². The summed E-state index contributed by atoms with van der Waals surface area (Å²) in [5.74, 6) is 0.436. The smallest absolute Gasteiger partial charge is 0.252 e. The number of halogens is 1. The second-order valence-corrected chi connectivity index (χ2v) is 9.68. The van der Waals surface area contributed by atoms with Gasteiger partial charge in [-0.1, -0.05) is 6.92 Å². The van der Waals surface area contributed by atoms with E-state index in [1.165, 1.54) is 16.7 Å². The molecule has 1 aromatic carbocycles. The van der Waals surface area contributed by atoms with Gasteiger partial charge < -0.3 is 15.1 Å². The Morgan fingerprint density at radius 2 is 2.12 bits per heavy atom. The molecule has 9 heteroatoms. The number of benzene rings is 1. The number of nitrogens with one attached hydrogen (secondary N) is 1. The number of aromatic nitrogens is 1. The molecule has 0 spiro atoms. The highest BCUT2D eigenvalue weighted by atomic mass is 32.2. The molecular formula is C23H26FN5O2S. The van der Waals surface area contributed by atoms with Crippen molar-refractivity contribution in [3.8, 4) is 6.07 Å². The first-order chi connectivity index (χ1) is 15.4. The lowest BCUT2D eigenvalue weighted by atomic mass is 9.81. The Morgan fingerprint density at radius 1 is 1.34 bits per heavy atom. The first-order valence-corrected chi connectivity index (χ1v) is 11.8. The van der Waals surface area contributed by atoms with Gasteiger partial charge in [0.15, 0.2) is 0 Å². The molecule has 0 bridgehead atoms. The fourth-order valence-electron chi connectivity index (χ4n) is 4.12. The number of piperidine rings is 1. The van der Waals surface area contributed by atoms with Crippen LogP contribution in [0.4, 0.5) is 10.1 Å². The molecule has 1 atom stereocenters. The summed E-state index contributed by atoms with van der Waals surface area (Å²) in [6, 6.07) is 9.13. The number of alkyl halides is 1. The molecule has 2 aromatic rings. The molecule has 1 aromatic heterocycles. The number of fused-ring (bicyclic) bond motifs is 1. The average Bonchev–Trinajstić information content (AvgIpc) is 3.31. The standard InChI is InChI=1S/C23H26FN5O2S/c1-23(14-24)5-8-28(9-6-23)16-2-3-20-19(10-16)18(4-7-26-20)22(31)27-12-21(30)29-15-32-13-17(29)11-25/h2-4,7,10,17H,5-6,8-9,12-15H2,1H3,(H,27,31)/t17-/m1/s1. The van der Waals surface area contributed by atoms with E-state index in [2.05, 4.69) is 21.3 Å². The number of carbonyl (C=O) groups excluding carboxylic acids is 2. The first-order valence-electron chi connectivity index (χ1n) is 10.7. The predicted molar refractivity (Wildman–Crippen MR) is 123 cm³/mol. The second kappa shape index (κ2) is 9.33. The van der Waals surface area contributed by atoms with E-state index in [9.17, 15) is 14.0 Å². The number of anilines is 1. The zero-order valence-electron chi connectivity index (χ0n) is 18.0. The Hall–Kier alpha value is -2.86. The molecular weight excluding hydrogens is 429 g/mol. The molecule has 7 nitrogen and oxygen atoms in total. The van der Waals surface area contributed by atoms with Crippen molar-refractivity contribution in [3.63, 3.8) is 0 Å². The van der Waals surface area contributed by atoms with Crippen molar-refractivity contribution >= 4 is 40.2 Å². The molecule has 1 N–H and O–H groups in total. The summed E-state index contributed by atoms with van der Waals surface area (Å²) >= 11 is 1.53. The van der Waals surface area contributed by atoms with Crippen LogP contribution < -0.4 is 10.2 Å². The third kappa shape index (κ3) is 4.51. The number of nitriles is 1. The summed E-state index contributed by atoms with van der Waals surface area (Å²) in [6.45, 7) is 3.04. The number of hydrogen-bond donors (Lipinski definition) is 1. The molecule has 2 aliphatic heterocycles. The SMILES string of the molecule is CC1(CF)CCN(c2ccc3nccc(C(=O)NCC(=O)N4CSC[C@H]4C#N)c3c2)CC1. The Morgan fingerprint density at radius 3 is 2.84 bits per heavy atom. The van der Waals surface area contributed by atoms with Crippen LogP contribution in [0, 0.1) is 16.7 Å². The lowest BCUT2D eigenvalue weighted by Gasteiger charge is -2.39. The van der Waals surface area contributed by atoms with Crippen LogP contribution in [0.3, 0.4) is 0 Å². The van der Waals surface area contributed by atoms with E-state index in [0.717, 1.165) is 31.6 Å². The van der Waals surface area contributed by atoms with Crippen molar-refractivity contribution in [1.29, 1.82) is 5.26 Å². The van der Waals surface area contributed by atoms with Crippen LogP contribution in [0.5, 0.6) is 0 Å². The lowest BCUT2D eigenvalue weighted by molar-refractivity contribution is -0.129. The van der Waals surface area contributed by atoms with Gasteiger partial charge in [-0.05, 0) is 42.5 Å². The fourth-order valence-corrected chi connectivity index (χ4v) is 5.22. The largest absolute Gasteiger partial charge is 0.371 e. The van der Waals surface area contributed by atoms with Gasteiger partial charge in [-0.3, -0.25) is 19.0 Å². The van der Waals surface area contributed by atoms with Crippen LogP contribution in [0.2, 0.25) is 0 Å². The molecule has 2 amide bonds. The zero-order valence-corrected chi connectivity index (χ0v) is 18.8. The van der Waals surface area contributed by atoms with Crippen molar-refractivity contribution in [3.05, 3.63) is 36.0 Å². The number of carbonyl (C=O) groups is 2. The fraction of sp³-hybridized carbons (Fsp3) is 0.478. The minimum absolute atomic E-state index is 0.158. The Labute approximate surface area is 191 Å². The highest BCUT2D eigenvalue weighted by Crippen LogP contribution is 2.34. The van der Waals surface area contributed by atoms with Crippen LogP contribution in [0.15, 0.2) is 30.5 Å². The van der Waals surface area contributed by atoms with Gasteiger partial charge in [0.05, 0.1) is 36.2 Å². The molecule has 0 radical (unpaired) electrons. The third-order valence-electron chi connectivity index (χ3n) is 6.38. The van der Waals surface area contributed by atoms with E-state index in [0.29, 0.717) is 28.1 Å². The Kier molecular flexibility index (Phi) is 6.51. The van der Waals surface area contributed by atoms with Crippen LogP contribution in [-0.2, 0) is 4.79 Å². The van der Waals surface area contributed by atoms with Crippen LogP contribution in [-0.4, -0.2) is 65.7 Å². The van der Waals surface area contributed by atoms with Gasteiger partial charge >= 0.3 is 0 Å². The second-order valence-electron chi connectivity index (χ2n) is 8.68. The highest BCUT2D eigenvalue weighted by Gasteiger charge is 2.31. The maximum atomic E-state index is 13.3. The molecule has 3 heterocycles. The van der Waals surface area contributed by atoms with E-state index in [4.69, 9.17) is 5.26 Å². The lowest BCUT2D eigenvalue weighted by Crippen LogP contribution is -2.42. The van der Waals surface area contributed by atoms with Gasteiger partial charge in [0.25, 0.3) is 5.91 Å². The van der Waals surface area contributed by atoms with E-state index >= 15 is 0 Å². The van der Waals surface area contributed by atoms with E-state index in [1.54, 1.807) is 12.3 Å². The van der Waals surface area contributed by atoms with E-state index in [-0.39, 0.29) is 30.4 Å². The topological polar surface area (TPSA) is 89.3 Å². The molecule has 2 saturated heterocycles. The van der Waals surface area contributed by atoms with Crippen molar-refractivity contribution in [2.75, 3.05) is 42.8 Å². The molecule has 168 valence electrons. The Bertz CT molecular complexity index is 1060. The average molecular weight is 456 g/mol. The van der Waals surface area contributed by atoms with Crippen molar-refractivity contribution in [2.24, 2.45) is 5.41 Å². The maximum absolute atomic E-state index is 13.3. The Balaban J connectivity index is 1.49. The summed E-state index contributed by atoms with van der Waals surface area (Å²) in [7, 11) is 0. The summed E-state index contributed by atoms with van der Waals surface area (Å²) in [4.78, 5) is 33.4. The van der Waals surface area contributed by atoms with Gasteiger partial charge in [-0.2, -0.15) is 5.26 Å². The summed E-state index contributed by atoms with van der Waals surface area (Å²) in [5, 5.41) is 12.6. The van der Waals surface area contributed by atoms with E-state index < -0.39 is 6.04 Å². The normalized spacial score (nSPS) is 20.2. The van der Waals surface area contributed by atoms with Crippen LogP contribution in [0.1, 0.15) is 30.1 Å². The number of amides is 2. The highest BCUT2D eigenvalue weighted by molar-refractivity contribution is 7.99. The van der Waals surface area contributed by atoms with Gasteiger partial charge in [0.1, 0.15) is 6.04 Å². The van der Waals surface area contributed by atoms with Gasteiger partial charge in [-0.25, -0.2) is 0 Å². The number of thioether (sulfide) groups is 1. The summed E-state index contributed by atoms with van der Waals surface area (Å²) < 4.78 is 13.3. The number of hydrogen-bond acceptors (Lipinski definition) is 6. The van der Waals surface area contributed by atoms with Crippen molar-refractivity contribution in [2.45, 2.75) is 25.8 Å². The minimum atomic E-state index is -0.447. The monoisotopic (exact) mass is 455 g/mol. The molecule has 2 fully saturated rings. The van der Waals surface area contributed by atoms with Crippen molar-refractivity contribution in [1.82, 2.24) is 15.2 Å². The van der Waals surface area contributed by atoms with Crippen LogP contribution in [0.25, 0.3) is 10.9 Å². The molecule has 32 heavy (non-hydrogen) atoms. The van der Waals surface area contributed by atoms with Gasteiger partial charge in [0.2, 0.25) is 5.91 Å². The molecule has 0 unspecified atom stereocenters. The predicted octanol–water partition coefficient (Wildman–Crippen LogP) is 2.97.